The highest BCUT2D eigenvalue weighted by atomic mass is 32.2. The Hall–Kier alpha value is -0.870. The quantitative estimate of drug-likeness (QED) is 0.787. The molecule has 1 N–H and O–H groups in total. The topological polar surface area (TPSA) is 46.2 Å². The first-order chi connectivity index (χ1) is 9.95. The van der Waals surface area contributed by atoms with Crippen LogP contribution in [0.2, 0.25) is 0 Å². The first-order valence-corrected chi connectivity index (χ1v) is 9.63. The van der Waals surface area contributed by atoms with Crippen molar-refractivity contribution < 1.29 is 8.42 Å². The van der Waals surface area contributed by atoms with Gasteiger partial charge >= 0.3 is 0 Å². The van der Waals surface area contributed by atoms with Gasteiger partial charge in [0.1, 0.15) is 0 Å². The van der Waals surface area contributed by atoms with Crippen molar-refractivity contribution in [1.82, 2.24) is 5.32 Å². The van der Waals surface area contributed by atoms with Gasteiger partial charge in [0.25, 0.3) is 0 Å². The van der Waals surface area contributed by atoms with Gasteiger partial charge in [-0.3, -0.25) is 0 Å². The van der Waals surface area contributed by atoms with E-state index in [2.05, 4.69) is 26.1 Å². The zero-order valence-corrected chi connectivity index (χ0v) is 14.1. The third kappa shape index (κ3) is 3.86. The van der Waals surface area contributed by atoms with Crippen LogP contribution in [0, 0.1) is 11.8 Å². The second kappa shape index (κ2) is 6.93. The lowest BCUT2D eigenvalue weighted by Crippen LogP contribution is -2.29. The molecule has 4 heteroatoms. The van der Waals surface area contributed by atoms with E-state index in [4.69, 9.17) is 0 Å². The van der Waals surface area contributed by atoms with Gasteiger partial charge in [0.15, 0.2) is 9.84 Å². The van der Waals surface area contributed by atoms with E-state index in [1.54, 1.807) is 6.07 Å². The van der Waals surface area contributed by atoms with E-state index in [1.165, 1.54) is 0 Å². The second-order valence-electron chi connectivity index (χ2n) is 6.52. The van der Waals surface area contributed by atoms with Crippen LogP contribution in [0.1, 0.15) is 45.1 Å². The summed E-state index contributed by atoms with van der Waals surface area (Å²) < 4.78 is 24.7. The van der Waals surface area contributed by atoms with Gasteiger partial charge in [0, 0.05) is 5.92 Å². The highest BCUT2D eigenvalue weighted by Gasteiger charge is 2.38. The molecule has 118 valence electrons. The number of hydrogen-bond donors (Lipinski definition) is 1. The molecule has 1 aliphatic heterocycles. The number of sulfone groups is 1. The summed E-state index contributed by atoms with van der Waals surface area (Å²) in [6.45, 7) is 8.47. The van der Waals surface area contributed by atoms with Crippen LogP contribution < -0.4 is 5.32 Å². The molecule has 2 atom stereocenters. The summed E-state index contributed by atoms with van der Waals surface area (Å²) in [6.07, 6.45) is 2.17. The molecule has 0 spiro atoms. The Kier molecular flexibility index (Phi) is 5.44. The lowest BCUT2D eigenvalue weighted by molar-refractivity contribution is 0.345. The maximum Gasteiger partial charge on any atom is 0.179 e. The maximum absolute atomic E-state index is 12.4. The molecule has 0 amide bonds. The SMILES string of the molecule is CCCNCC(CC(C)C)C1CS(=O)(=O)c2ccccc21. The maximum atomic E-state index is 12.4. The molecular weight excluding hydrogens is 282 g/mol. The largest absolute Gasteiger partial charge is 0.316 e. The Balaban J connectivity index is 2.24. The standard InChI is InChI=1S/C17H27NO2S/c1-4-9-18-11-14(10-13(2)3)16-12-21(19,20)17-8-6-5-7-15(16)17/h5-8,13-14,16,18H,4,9-12H2,1-3H3. The predicted molar refractivity (Wildman–Crippen MR) is 87.3 cm³/mol. The smallest absolute Gasteiger partial charge is 0.179 e. The molecule has 0 bridgehead atoms. The van der Waals surface area contributed by atoms with Crippen molar-refractivity contribution in [3.8, 4) is 0 Å². The monoisotopic (exact) mass is 309 g/mol. The summed E-state index contributed by atoms with van der Waals surface area (Å²) in [7, 11) is -3.09. The van der Waals surface area contributed by atoms with E-state index in [-0.39, 0.29) is 11.7 Å². The first kappa shape index (κ1) is 16.5. The Bertz CT molecular complexity index is 566. The summed E-state index contributed by atoms with van der Waals surface area (Å²) in [5, 5.41) is 3.48. The van der Waals surface area contributed by atoms with E-state index in [1.807, 2.05) is 18.2 Å². The van der Waals surface area contributed by atoms with Gasteiger partial charge < -0.3 is 5.32 Å². The van der Waals surface area contributed by atoms with Crippen LogP contribution in [0.15, 0.2) is 29.2 Å². The molecule has 1 heterocycles. The van der Waals surface area contributed by atoms with Gasteiger partial charge in [-0.2, -0.15) is 0 Å². The van der Waals surface area contributed by atoms with Gasteiger partial charge in [-0.15, -0.1) is 0 Å². The zero-order chi connectivity index (χ0) is 15.5. The summed E-state index contributed by atoms with van der Waals surface area (Å²) in [6, 6.07) is 7.54. The van der Waals surface area contributed by atoms with Gasteiger partial charge in [-0.1, -0.05) is 39.0 Å². The van der Waals surface area contributed by atoms with Crippen molar-refractivity contribution in [2.24, 2.45) is 11.8 Å². The van der Waals surface area contributed by atoms with Gasteiger partial charge in [-0.05, 0) is 49.4 Å². The van der Waals surface area contributed by atoms with Crippen molar-refractivity contribution in [3.05, 3.63) is 29.8 Å². The normalized spacial score (nSPS) is 21.4. The highest BCUT2D eigenvalue weighted by Crippen LogP contribution is 2.41. The fourth-order valence-corrected chi connectivity index (χ4v) is 5.30. The molecule has 21 heavy (non-hydrogen) atoms. The number of rotatable bonds is 7. The summed E-state index contributed by atoms with van der Waals surface area (Å²) in [4.78, 5) is 0.555. The second-order valence-corrected chi connectivity index (χ2v) is 8.52. The number of benzene rings is 1. The van der Waals surface area contributed by atoms with Gasteiger partial charge in [0.2, 0.25) is 0 Å². The summed E-state index contributed by atoms with van der Waals surface area (Å²) in [5.41, 5.74) is 1.03. The molecule has 0 saturated heterocycles. The Morgan fingerprint density at radius 2 is 2.00 bits per heavy atom. The van der Waals surface area contributed by atoms with E-state index in [0.29, 0.717) is 16.7 Å². The van der Waals surface area contributed by atoms with E-state index >= 15 is 0 Å². The van der Waals surface area contributed by atoms with Crippen LogP contribution in [0.4, 0.5) is 0 Å². The van der Waals surface area contributed by atoms with E-state index in [9.17, 15) is 8.42 Å². The average Bonchev–Trinajstić information content (AvgIpc) is 2.70. The lowest BCUT2D eigenvalue weighted by Gasteiger charge is -2.25. The lowest BCUT2D eigenvalue weighted by atomic mass is 9.82. The number of hydrogen-bond acceptors (Lipinski definition) is 3. The third-order valence-electron chi connectivity index (χ3n) is 4.23. The Labute approximate surface area is 129 Å². The van der Waals surface area contributed by atoms with Crippen molar-refractivity contribution in [3.63, 3.8) is 0 Å². The van der Waals surface area contributed by atoms with Crippen LogP contribution in [-0.4, -0.2) is 27.3 Å². The van der Waals surface area contributed by atoms with Crippen molar-refractivity contribution >= 4 is 9.84 Å². The Morgan fingerprint density at radius 3 is 2.67 bits per heavy atom. The average molecular weight is 309 g/mol. The molecule has 1 aromatic carbocycles. The molecule has 0 saturated carbocycles. The van der Waals surface area contributed by atoms with Gasteiger partial charge in [-0.25, -0.2) is 8.42 Å². The van der Waals surface area contributed by atoms with Crippen molar-refractivity contribution in [1.29, 1.82) is 0 Å². The molecule has 0 aliphatic carbocycles. The number of fused-ring (bicyclic) bond motifs is 1. The Morgan fingerprint density at radius 1 is 1.29 bits per heavy atom. The van der Waals surface area contributed by atoms with Crippen LogP contribution >= 0.6 is 0 Å². The molecule has 3 nitrogen and oxygen atoms in total. The molecule has 0 radical (unpaired) electrons. The minimum Gasteiger partial charge on any atom is -0.316 e. The molecule has 1 aromatic rings. The molecule has 2 rings (SSSR count). The molecule has 1 aliphatic rings. The molecule has 2 unspecified atom stereocenters. The summed E-state index contributed by atoms with van der Waals surface area (Å²) >= 11 is 0. The summed E-state index contributed by atoms with van der Waals surface area (Å²) in [5.74, 6) is 1.37. The van der Waals surface area contributed by atoms with Crippen LogP contribution in [0.3, 0.4) is 0 Å². The molecule has 0 fully saturated rings. The predicted octanol–water partition coefficient (Wildman–Crippen LogP) is 3.22. The fraction of sp³-hybridized carbons (Fsp3) is 0.647. The van der Waals surface area contributed by atoms with Crippen molar-refractivity contribution in [2.75, 3.05) is 18.8 Å². The van der Waals surface area contributed by atoms with Gasteiger partial charge in [0.05, 0.1) is 10.6 Å². The minimum atomic E-state index is -3.09. The van der Waals surface area contributed by atoms with Crippen molar-refractivity contribution in [2.45, 2.75) is 44.4 Å². The molecule has 0 aromatic heterocycles. The van der Waals surface area contributed by atoms with E-state index in [0.717, 1.165) is 31.5 Å². The zero-order valence-electron chi connectivity index (χ0n) is 13.3. The van der Waals surface area contributed by atoms with Crippen LogP contribution in [0.25, 0.3) is 0 Å². The fourth-order valence-electron chi connectivity index (χ4n) is 3.34. The highest BCUT2D eigenvalue weighted by molar-refractivity contribution is 7.91. The van der Waals surface area contributed by atoms with E-state index < -0.39 is 9.84 Å². The number of nitrogens with one attached hydrogen (secondary N) is 1. The first-order valence-electron chi connectivity index (χ1n) is 7.98. The van der Waals surface area contributed by atoms with Crippen LogP contribution in [0.5, 0.6) is 0 Å². The van der Waals surface area contributed by atoms with Crippen LogP contribution in [-0.2, 0) is 9.84 Å². The molecular formula is C17H27NO2S. The third-order valence-corrected chi connectivity index (χ3v) is 6.07. The minimum absolute atomic E-state index is 0.137.